The highest BCUT2D eigenvalue weighted by atomic mass is 32.1. The van der Waals surface area contributed by atoms with Crippen LogP contribution in [0.15, 0.2) is 71.5 Å². The number of aryl methyl sites for hydroxylation is 1. The van der Waals surface area contributed by atoms with Gasteiger partial charge in [0.25, 0.3) is 5.56 Å². The van der Waals surface area contributed by atoms with E-state index in [9.17, 15) is 9.59 Å². The second-order valence-electron chi connectivity index (χ2n) is 6.95. The Morgan fingerprint density at radius 1 is 1.10 bits per heavy atom. The van der Waals surface area contributed by atoms with E-state index >= 15 is 0 Å². The van der Waals surface area contributed by atoms with Crippen LogP contribution in [0, 0.1) is 6.92 Å². The Hall–Kier alpha value is -3.25. The number of thiophene rings is 1. The molecule has 1 N–H and O–H groups in total. The third-order valence-electron chi connectivity index (χ3n) is 4.88. The minimum Gasteiger partial charge on any atom is -0.348 e. The topological polar surface area (TPSA) is 64.0 Å². The molecule has 0 fully saturated rings. The lowest BCUT2D eigenvalue weighted by molar-refractivity contribution is -0.122. The van der Waals surface area contributed by atoms with Crippen molar-refractivity contribution in [2.45, 2.75) is 26.4 Å². The molecule has 2 heterocycles. The van der Waals surface area contributed by atoms with Gasteiger partial charge in [-0.2, -0.15) is 0 Å². The Balaban J connectivity index is 1.60. The maximum Gasteiger partial charge on any atom is 0.262 e. The Morgan fingerprint density at radius 3 is 2.45 bits per heavy atom. The standard InChI is InChI=1S/C23H21N3O2S/c1-15(17-9-5-3-6-10-17)24-21(27)14-26-16(2)25-22-19(23(26)28)13-20(29-22)18-11-7-4-8-12-18/h3-13,15H,14H2,1-2H3,(H,24,27). The molecule has 0 radical (unpaired) electrons. The molecule has 2 aromatic carbocycles. The average Bonchev–Trinajstić information content (AvgIpc) is 3.16. The van der Waals surface area contributed by atoms with Crippen molar-refractivity contribution in [3.8, 4) is 10.4 Å². The molecule has 0 aliphatic heterocycles. The van der Waals surface area contributed by atoms with Gasteiger partial charge in [0.1, 0.15) is 17.2 Å². The number of fused-ring (bicyclic) bond motifs is 1. The van der Waals surface area contributed by atoms with E-state index in [4.69, 9.17) is 0 Å². The first-order valence-electron chi connectivity index (χ1n) is 9.43. The van der Waals surface area contributed by atoms with Crippen molar-refractivity contribution in [2.24, 2.45) is 0 Å². The summed E-state index contributed by atoms with van der Waals surface area (Å²) in [6, 6.07) is 21.4. The third-order valence-corrected chi connectivity index (χ3v) is 5.96. The Labute approximate surface area is 172 Å². The summed E-state index contributed by atoms with van der Waals surface area (Å²) in [6.07, 6.45) is 0. The lowest BCUT2D eigenvalue weighted by atomic mass is 10.1. The van der Waals surface area contributed by atoms with E-state index in [2.05, 4.69) is 10.3 Å². The van der Waals surface area contributed by atoms with Crippen LogP contribution in [0.2, 0.25) is 0 Å². The van der Waals surface area contributed by atoms with E-state index in [1.54, 1.807) is 6.92 Å². The normalized spacial score (nSPS) is 12.1. The summed E-state index contributed by atoms with van der Waals surface area (Å²) < 4.78 is 1.44. The number of hydrogen-bond acceptors (Lipinski definition) is 4. The molecule has 5 nitrogen and oxygen atoms in total. The summed E-state index contributed by atoms with van der Waals surface area (Å²) >= 11 is 1.49. The fourth-order valence-electron chi connectivity index (χ4n) is 3.30. The molecule has 0 saturated carbocycles. The molecule has 0 spiro atoms. The van der Waals surface area contributed by atoms with Crippen molar-refractivity contribution < 1.29 is 4.79 Å². The van der Waals surface area contributed by atoms with Gasteiger partial charge in [-0.3, -0.25) is 14.2 Å². The molecule has 0 aliphatic carbocycles. The second kappa shape index (κ2) is 8.01. The van der Waals surface area contributed by atoms with Crippen LogP contribution in [0.1, 0.15) is 24.4 Å². The zero-order valence-corrected chi connectivity index (χ0v) is 17.1. The highest BCUT2D eigenvalue weighted by molar-refractivity contribution is 7.21. The zero-order valence-electron chi connectivity index (χ0n) is 16.3. The predicted molar refractivity (Wildman–Crippen MR) is 117 cm³/mol. The van der Waals surface area contributed by atoms with Gasteiger partial charge in [-0.05, 0) is 31.0 Å². The molecular formula is C23H21N3O2S. The first-order chi connectivity index (χ1) is 14.0. The molecule has 29 heavy (non-hydrogen) atoms. The lowest BCUT2D eigenvalue weighted by Gasteiger charge is -2.15. The van der Waals surface area contributed by atoms with Crippen molar-refractivity contribution in [1.82, 2.24) is 14.9 Å². The largest absolute Gasteiger partial charge is 0.348 e. The molecule has 1 amide bonds. The molecular weight excluding hydrogens is 382 g/mol. The maximum atomic E-state index is 13.0. The van der Waals surface area contributed by atoms with Crippen molar-refractivity contribution in [1.29, 1.82) is 0 Å². The van der Waals surface area contributed by atoms with Crippen LogP contribution in [0.25, 0.3) is 20.7 Å². The number of nitrogens with zero attached hydrogens (tertiary/aromatic N) is 2. The quantitative estimate of drug-likeness (QED) is 0.540. The molecule has 0 bridgehead atoms. The van der Waals surface area contributed by atoms with Crippen LogP contribution in [0.3, 0.4) is 0 Å². The predicted octanol–water partition coefficient (Wildman–Crippen LogP) is 4.31. The lowest BCUT2D eigenvalue weighted by Crippen LogP contribution is -2.35. The maximum absolute atomic E-state index is 13.0. The van der Waals surface area contributed by atoms with Gasteiger partial charge < -0.3 is 5.32 Å². The number of carbonyl (C=O) groups is 1. The molecule has 4 aromatic rings. The van der Waals surface area contributed by atoms with Crippen LogP contribution >= 0.6 is 11.3 Å². The van der Waals surface area contributed by atoms with Crippen molar-refractivity contribution in [3.63, 3.8) is 0 Å². The number of hydrogen-bond donors (Lipinski definition) is 1. The number of rotatable bonds is 5. The van der Waals surface area contributed by atoms with Crippen molar-refractivity contribution >= 4 is 27.5 Å². The summed E-state index contributed by atoms with van der Waals surface area (Å²) in [5.74, 6) is 0.317. The van der Waals surface area contributed by atoms with E-state index in [-0.39, 0.29) is 24.1 Å². The molecule has 4 rings (SSSR count). The minimum atomic E-state index is -0.216. The molecule has 2 aromatic heterocycles. The van der Waals surface area contributed by atoms with Gasteiger partial charge >= 0.3 is 0 Å². The Bertz CT molecular complexity index is 1210. The summed E-state index contributed by atoms with van der Waals surface area (Å²) in [5, 5.41) is 3.50. The average molecular weight is 404 g/mol. The number of nitrogens with one attached hydrogen (secondary N) is 1. The van der Waals surface area contributed by atoms with Crippen LogP contribution in [-0.4, -0.2) is 15.5 Å². The summed E-state index contributed by atoms with van der Waals surface area (Å²) in [4.78, 5) is 31.9. The molecule has 0 aliphatic rings. The van der Waals surface area contributed by atoms with Crippen LogP contribution < -0.4 is 10.9 Å². The summed E-state index contributed by atoms with van der Waals surface area (Å²) in [7, 11) is 0. The first kappa shape index (κ1) is 19.1. The smallest absolute Gasteiger partial charge is 0.262 e. The van der Waals surface area contributed by atoms with E-state index < -0.39 is 0 Å². The van der Waals surface area contributed by atoms with Gasteiger partial charge in [0, 0.05) is 4.88 Å². The van der Waals surface area contributed by atoms with Crippen LogP contribution in [-0.2, 0) is 11.3 Å². The molecule has 1 unspecified atom stereocenters. The Morgan fingerprint density at radius 2 is 1.76 bits per heavy atom. The number of aromatic nitrogens is 2. The number of amides is 1. The summed E-state index contributed by atoms with van der Waals surface area (Å²) in [5.41, 5.74) is 1.88. The van der Waals surface area contributed by atoms with Crippen molar-refractivity contribution in [2.75, 3.05) is 0 Å². The SMILES string of the molecule is Cc1nc2sc(-c3ccccc3)cc2c(=O)n1CC(=O)NC(C)c1ccccc1. The second-order valence-corrected chi connectivity index (χ2v) is 7.98. The molecule has 146 valence electrons. The van der Waals surface area contributed by atoms with Crippen LogP contribution in [0.4, 0.5) is 0 Å². The fraction of sp³-hybridized carbons (Fsp3) is 0.174. The molecule has 0 saturated heterocycles. The van der Waals surface area contributed by atoms with Gasteiger partial charge in [-0.15, -0.1) is 11.3 Å². The minimum absolute atomic E-state index is 0.0543. The zero-order chi connectivity index (χ0) is 20.4. The highest BCUT2D eigenvalue weighted by Gasteiger charge is 2.16. The van der Waals surface area contributed by atoms with Gasteiger partial charge in [-0.1, -0.05) is 60.7 Å². The molecule has 6 heteroatoms. The highest BCUT2D eigenvalue weighted by Crippen LogP contribution is 2.30. The molecule has 1 atom stereocenters. The van der Waals surface area contributed by atoms with Gasteiger partial charge in [0.15, 0.2) is 0 Å². The van der Waals surface area contributed by atoms with E-state index in [1.807, 2.05) is 73.7 Å². The number of benzene rings is 2. The number of carbonyl (C=O) groups excluding carboxylic acids is 1. The monoisotopic (exact) mass is 403 g/mol. The van der Waals surface area contributed by atoms with E-state index in [0.717, 1.165) is 16.0 Å². The van der Waals surface area contributed by atoms with Gasteiger partial charge in [0.2, 0.25) is 5.91 Å². The summed E-state index contributed by atoms with van der Waals surface area (Å²) in [6.45, 7) is 3.63. The third kappa shape index (κ3) is 3.98. The van der Waals surface area contributed by atoms with Gasteiger partial charge in [-0.25, -0.2) is 4.98 Å². The van der Waals surface area contributed by atoms with Gasteiger partial charge in [0.05, 0.1) is 11.4 Å². The fourth-order valence-corrected chi connectivity index (χ4v) is 4.38. The van der Waals surface area contributed by atoms with E-state index in [0.29, 0.717) is 16.0 Å². The first-order valence-corrected chi connectivity index (χ1v) is 10.3. The van der Waals surface area contributed by atoms with E-state index in [1.165, 1.54) is 15.9 Å². The van der Waals surface area contributed by atoms with Crippen LogP contribution in [0.5, 0.6) is 0 Å². The van der Waals surface area contributed by atoms with Crippen molar-refractivity contribution in [3.05, 3.63) is 88.5 Å². The Kier molecular flexibility index (Phi) is 5.27.